The third kappa shape index (κ3) is 4.13. The van der Waals surface area contributed by atoms with Gasteiger partial charge >= 0.3 is 0 Å². The monoisotopic (exact) mass is 467 g/mol. The van der Waals surface area contributed by atoms with Gasteiger partial charge in [0.05, 0.1) is 19.0 Å². The lowest BCUT2D eigenvalue weighted by atomic mass is 10.1. The number of benzene rings is 5. The molecule has 0 aliphatic rings. The quantitative estimate of drug-likeness (QED) is 0.248. The number of para-hydroxylation sites is 2. The molecule has 0 amide bonds. The van der Waals surface area contributed by atoms with Gasteiger partial charge in [-0.1, -0.05) is 120 Å². The highest BCUT2D eigenvalue weighted by molar-refractivity contribution is 6.74. The Kier molecular flexibility index (Phi) is 5.88. The molecule has 0 saturated carbocycles. The summed E-state index contributed by atoms with van der Waals surface area (Å²) < 4.78 is 2.54. The topological polar surface area (TPSA) is 4.93 Å². The molecule has 1 atom stereocenters. The predicted octanol–water partition coefficient (Wildman–Crippen LogP) is 6.14. The SMILES string of the molecule is c1ccc([Si][C@H](CCn2c3ccccc3c3ccccc32)[Si]c2cccc3ccccc23)cc1. The van der Waals surface area contributed by atoms with Crippen LogP contribution in [0.5, 0.6) is 0 Å². The zero-order valence-corrected chi connectivity index (χ0v) is 21.0. The highest BCUT2D eigenvalue weighted by Crippen LogP contribution is 2.29. The molecule has 0 N–H and O–H groups in total. The average Bonchev–Trinajstić information content (AvgIpc) is 3.22. The second kappa shape index (κ2) is 9.45. The summed E-state index contributed by atoms with van der Waals surface area (Å²) >= 11 is 0. The van der Waals surface area contributed by atoms with Crippen molar-refractivity contribution in [2.24, 2.45) is 0 Å². The number of aromatic nitrogens is 1. The molecule has 0 spiro atoms. The Labute approximate surface area is 205 Å². The van der Waals surface area contributed by atoms with Crippen molar-refractivity contribution in [3.05, 3.63) is 121 Å². The highest BCUT2D eigenvalue weighted by Gasteiger charge is 2.17. The first-order chi connectivity index (χ1) is 16.9. The van der Waals surface area contributed by atoms with E-state index in [1.807, 2.05) is 0 Å². The molecule has 0 fully saturated rings. The van der Waals surface area contributed by atoms with Gasteiger partial charge in [0.1, 0.15) is 0 Å². The fourth-order valence-corrected chi connectivity index (χ4v) is 8.50. The number of aryl methyl sites for hydroxylation is 1. The molecule has 4 radical (unpaired) electrons. The third-order valence-corrected chi connectivity index (χ3v) is 10.1. The predicted molar refractivity (Wildman–Crippen MR) is 149 cm³/mol. The van der Waals surface area contributed by atoms with Crippen molar-refractivity contribution in [2.75, 3.05) is 0 Å². The molecule has 34 heavy (non-hydrogen) atoms. The maximum atomic E-state index is 2.54. The minimum atomic E-state index is 0.619. The minimum absolute atomic E-state index is 0.619. The summed E-state index contributed by atoms with van der Waals surface area (Å²) in [5.41, 5.74) is 2.69. The Bertz CT molecular complexity index is 1510. The summed E-state index contributed by atoms with van der Waals surface area (Å²) in [4.78, 5) is 0. The van der Waals surface area contributed by atoms with Crippen molar-refractivity contribution in [1.82, 2.24) is 4.57 Å². The molecule has 1 nitrogen and oxygen atoms in total. The molecular formula is C31H25NSi2. The molecule has 3 heteroatoms. The fraction of sp³-hybridized carbons (Fsp3) is 0.0968. The van der Waals surface area contributed by atoms with E-state index in [9.17, 15) is 0 Å². The number of hydrogen-bond acceptors (Lipinski definition) is 0. The average molecular weight is 468 g/mol. The van der Waals surface area contributed by atoms with Crippen LogP contribution in [0, 0.1) is 0 Å². The largest absolute Gasteiger partial charge is 0.340 e. The maximum absolute atomic E-state index is 2.54. The van der Waals surface area contributed by atoms with Crippen molar-refractivity contribution < 1.29 is 0 Å². The first kappa shape index (κ1) is 21.1. The van der Waals surface area contributed by atoms with Crippen molar-refractivity contribution in [1.29, 1.82) is 0 Å². The van der Waals surface area contributed by atoms with Crippen molar-refractivity contribution in [3.63, 3.8) is 0 Å². The fourth-order valence-electron chi connectivity index (χ4n) is 4.96. The maximum Gasteiger partial charge on any atom is 0.0820 e. The van der Waals surface area contributed by atoms with Crippen LogP contribution >= 0.6 is 0 Å². The minimum Gasteiger partial charge on any atom is -0.340 e. The molecule has 5 aromatic carbocycles. The van der Waals surface area contributed by atoms with Crippen LogP contribution in [0.1, 0.15) is 6.42 Å². The van der Waals surface area contributed by atoms with E-state index in [0.717, 1.165) is 32.0 Å². The van der Waals surface area contributed by atoms with E-state index >= 15 is 0 Å². The van der Waals surface area contributed by atoms with Crippen LogP contribution in [0.15, 0.2) is 121 Å². The summed E-state index contributed by atoms with van der Waals surface area (Å²) in [5, 5.41) is 9.04. The van der Waals surface area contributed by atoms with Crippen LogP contribution in [0.25, 0.3) is 32.6 Å². The van der Waals surface area contributed by atoms with E-state index in [2.05, 4.69) is 126 Å². The standard InChI is InChI=1S/C31H25NSi2/c1-2-13-24(14-3-1)33-31(34-30-20-10-12-23-11-4-5-15-25(23)30)21-22-32-28-18-8-6-16-26(28)27-17-7-9-19-29(27)32/h1-20,31H,21-22H2/t31-/m0/s1. The second-order valence-electron chi connectivity index (χ2n) is 8.71. The van der Waals surface area contributed by atoms with E-state index in [4.69, 9.17) is 0 Å². The van der Waals surface area contributed by atoms with E-state index in [1.54, 1.807) is 0 Å². The van der Waals surface area contributed by atoms with E-state index in [-0.39, 0.29) is 0 Å². The van der Waals surface area contributed by atoms with Crippen LogP contribution in [0.2, 0.25) is 5.16 Å². The Morgan fingerprint density at radius 1 is 0.529 bits per heavy atom. The van der Waals surface area contributed by atoms with Crippen molar-refractivity contribution >= 4 is 62.0 Å². The number of rotatable bonds is 7. The molecule has 0 bridgehead atoms. The molecule has 0 aliphatic carbocycles. The van der Waals surface area contributed by atoms with Gasteiger partial charge in [-0.3, -0.25) is 0 Å². The Morgan fingerprint density at radius 2 is 1.12 bits per heavy atom. The van der Waals surface area contributed by atoms with Gasteiger partial charge in [-0.2, -0.15) is 0 Å². The van der Waals surface area contributed by atoms with Crippen molar-refractivity contribution in [3.8, 4) is 0 Å². The van der Waals surface area contributed by atoms with Gasteiger partial charge in [-0.25, -0.2) is 0 Å². The molecular weight excluding hydrogens is 443 g/mol. The zero-order chi connectivity index (χ0) is 22.7. The number of hydrogen-bond donors (Lipinski definition) is 0. The lowest BCUT2D eigenvalue weighted by molar-refractivity contribution is 0.704. The van der Waals surface area contributed by atoms with Gasteiger partial charge in [0.2, 0.25) is 0 Å². The van der Waals surface area contributed by atoms with E-state index < -0.39 is 0 Å². The molecule has 162 valence electrons. The van der Waals surface area contributed by atoms with Gasteiger partial charge in [-0.15, -0.1) is 0 Å². The normalized spacial score (nSPS) is 12.5. The molecule has 0 aliphatic heterocycles. The molecule has 1 heterocycles. The first-order valence-corrected chi connectivity index (χ1v) is 14.0. The van der Waals surface area contributed by atoms with Gasteiger partial charge in [0.15, 0.2) is 0 Å². The summed E-state index contributed by atoms with van der Waals surface area (Å²) in [6.45, 7) is 1.04. The lowest BCUT2D eigenvalue weighted by Gasteiger charge is -2.18. The van der Waals surface area contributed by atoms with Crippen LogP contribution in [0.3, 0.4) is 0 Å². The van der Waals surface area contributed by atoms with Gasteiger partial charge in [-0.05, 0) is 34.5 Å². The van der Waals surface area contributed by atoms with Crippen LogP contribution in [0.4, 0.5) is 0 Å². The molecule has 1 aromatic heterocycles. The Morgan fingerprint density at radius 3 is 1.85 bits per heavy atom. The van der Waals surface area contributed by atoms with Gasteiger partial charge < -0.3 is 4.57 Å². The Balaban J connectivity index is 1.35. The van der Waals surface area contributed by atoms with Crippen LogP contribution in [-0.4, -0.2) is 23.6 Å². The first-order valence-electron chi connectivity index (χ1n) is 11.9. The zero-order valence-electron chi connectivity index (χ0n) is 19.0. The second-order valence-corrected chi connectivity index (χ2v) is 12.4. The molecule has 0 saturated heterocycles. The summed E-state index contributed by atoms with van der Waals surface area (Å²) in [6.07, 6.45) is 1.16. The van der Waals surface area contributed by atoms with E-state index in [1.165, 1.54) is 43.0 Å². The molecule has 6 aromatic rings. The molecule has 0 unspecified atom stereocenters. The summed E-state index contributed by atoms with van der Waals surface area (Å²) in [6, 6.07) is 44.4. The smallest absolute Gasteiger partial charge is 0.0820 e. The van der Waals surface area contributed by atoms with Crippen molar-refractivity contribution in [2.45, 2.75) is 18.1 Å². The molecule has 6 rings (SSSR count). The highest BCUT2D eigenvalue weighted by atomic mass is 28.3. The van der Waals surface area contributed by atoms with Crippen LogP contribution in [-0.2, 0) is 6.54 Å². The Hall–Kier alpha value is -3.41. The third-order valence-electron chi connectivity index (χ3n) is 6.56. The number of fused-ring (bicyclic) bond motifs is 4. The summed E-state index contributed by atoms with van der Waals surface area (Å²) in [7, 11) is 1.60. The summed E-state index contributed by atoms with van der Waals surface area (Å²) in [5.74, 6) is 0. The number of nitrogens with zero attached hydrogens (tertiary/aromatic N) is 1. The lowest BCUT2D eigenvalue weighted by Crippen LogP contribution is -2.30. The van der Waals surface area contributed by atoms with Gasteiger partial charge in [0, 0.05) is 28.4 Å². The van der Waals surface area contributed by atoms with Gasteiger partial charge in [0.25, 0.3) is 0 Å². The van der Waals surface area contributed by atoms with Crippen LogP contribution < -0.4 is 10.4 Å². The van der Waals surface area contributed by atoms with E-state index in [0.29, 0.717) is 5.16 Å².